The third kappa shape index (κ3) is 1.14. The summed E-state index contributed by atoms with van der Waals surface area (Å²) < 4.78 is 6.17. The Hall–Kier alpha value is -0.540. The molecule has 1 aromatic rings. The van der Waals surface area contributed by atoms with Gasteiger partial charge in [0.1, 0.15) is 18.5 Å². The summed E-state index contributed by atoms with van der Waals surface area (Å²) in [6.07, 6.45) is -0.456. The summed E-state index contributed by atoms with van der Waals surface area (Å²) in [5.74, 6) is 0.792. The van der Waals surface area contributed by atoms with Crippen LogP contribution in [-0.2, 0) is 0 Å². The fourth-order valence-electron chi connectivity index (χ4n) is 1.17. The molecule has 1 aliphatic rings. The number of benzene rings is 1. The quantitative estimate of drug-likeness (QED) is 0.715. The predicted octanol–water partition coefficient (Wildman–Crippen LogP) is 1.87. The average molecular weight is 215 g/mol. The number of fused-ring (bicyclic) bond motifs is 1. The fourth-order valence-corrected chi connectivity index (χ4v) is 1.55. The maximum absolute atomic E-state index is 9.36. The molecular formula is C8H7BrO2. The highest BCUT2D eigenvalue weighted by atomic mass is 79.9. The lowest BCUT2D eigenvalue weighted by Gasteiger charge is -1.98. The molecule has 0 aromatic heterocycles. The van der Waals surface area contributed by atoms with Crippen molar-refractivity contribution in [3.05, 3.63) is 28.2 Å². The van der Waals surface area contributed by atoms with Crippen LogP contribution in [0.4, 0.5) is 0 Å². The Morgan fingerprint density at radius 3 is 3.18 bits per heavy atom. The van der Waals surface area contributed by atoms with Crippen LogP contribution >= 0.6 is 15.9 Å². The molecule has 0 unspecified atom stereocenters. The van der Waals surface area contributed by atoms with Gasteiger partial charge in [0.15, 0.2) is 0 Å². The number of ether oxygens (including phenoxy) is 1. The van der Waals surface area contributed by atoms with Gasteiger partial charge in [0.25, 0.3) is 0 Å². The van der Waals surface area contributed by atoms with Gasteiger partial charge in [-0.25, -0.2) is 0 Å². The van der Waals surface area contributed by atoms with Crippen molar-refractivity contribution < 1.29 is 9.84 Å². The molecule has 3 heteroatoms. The number of hydrogen-bond acceptors (Lipinski definition) is 2. The zero-order valence-electron chi connectivity index (χ0n) is 5.75. The van der Waals surface area contributed by atoms with E-state index in [1.54, 1.807) is 0 Å². The Labute approximate surface area is 72.9 Å². The van der Waals surface area contributed by atoms with Gasteiger partial charge < -0.3 is 9.84 Å². The van der Waals surface area contributed by atoms with Crippen LogP contribution in [0.15, 0.2) is 22.7 Å². The van der Waals surface area contributed by atoms with Gasteiger partial charge in [0, 0.05) is 10.0 Å². The molecule has 0 saturated heterocycles. The molecule has 0 amide bonds. The molecule has 0 radical (unpaired) electrons. The van der Waals surface area contributed by atoms with Crippen molar-refractivity contribution in [2.75, 3.05) is 6.61 Å². The number of halogens is 1. The minimum Gasteiger partial charge on any atom is -0.490 e. The third-order valence-electron chi connectivity index (χ3n) is 1.73. The monoisotopic (exact) mass is 214 g/mol. The minimum atomic E-state index is -0.456. The van der Waals surface area contributed by atoms with E-state index >= 15 is 0 Å². The first kappa shape index (κ1) is 7.13. The molecule has 1 N–H and O–H groups in total. The summed E-state index contributed by atoms with van der Waals surface area (Å²) in [5.41, 5.74) is 0.874. The Bertz CT molecular complexity index is 285. The third-order valence-corrected chi connectivity index (χ3v) is 2.22. The Morgan fingerprint density at radius 2 is 2.36 bits per heavy atom. The van der Waals surface area contributed by atoms with Crippen molar-refractivity contribution in [1.82, 2.24) is 0 Å². The minimum absolute atomic E-state index is 0.381. The molecule has 1 heterocycles. The van der Waals surface area contributed by atoms with Crippen molar-refractivity contribution in [2.24, 2.45) is 0 Å². The molecule has 1 atom stereocenters. The predicted molar refractivity (Wildman–Crippen MR) is 44.6 cm³/mol. The molecule has 1 aromatic carbocycles. The van der Waals surface area contributed by atoms with E-state index in [1.807, 2.05) is 18.2 Å². The lowest BCUT2D eigenvalue weighted by molar-refractivity contribution is 0.140. The summed E-state index contributed by atoms with van der Waals surface area (Å²) in [6.45, 7) is 0.381. The Balaban J connectivity index is 2.52. The maximum Gasteiger partial charge on any atom is 0.125 e. The zero-order chi connectivity index (χ0) is 7.84. The van der Waals surface area contributed by atoms with Crippen molar-refractivity contribution in [3.63, 3.8) is 0 Å². The van der Waals surface area contributed by atoms with E-state index < -0.39 is 6.10 Å². The number of hydrogen-bond donors (Lipinski definition) is 1. The van der Waals surface area contributed by atoms with Crippen LogP contribution in [0.5, 0.6) is 5.75 Å². The highest BCUT2D eigenvalue weighted by molar-refractivity contribution is 9.10. The van der Waals surface area contributed by atoms with Gasteiger partial charge in [-0.3, -0.25) is 0 Å². The second kappa shape index (κ2) is 2.50. The fraction of sp³-hybridized carbons (Fsp3) is 0.250. The summed E-state index contributed by atoms with van der Waals surface area (Å²) in [4.78, 5) is 0. The molecule has 1 aliphatic heterocycles. The maximum atomic E-state index is 9.36. The van der Waals surface area contributed by atoms with Crippen LogP contribution in [0.25, 0.3) is 0 Å². The van der Waals surface area contributed by atoms with Crippen LogP contribution in [0.2, 0.25) is 0 Å². The van der Waals surface area contributed by atoms with Crippen LogP contribution in [-0.4, -0.2) is 11.7 Å². The SMILES string of the molecule is O[C@H]1COc2ccc(Br)cc21. The van der Waals surface area contributed by atoms with E-state index in [0.29, 0.717) is 6.61 Å². The first-order chi connectivity index (χ1) is 5.27. The van der Waals surface area contributed by atoms with Gasteiger partial charge >= 0.3 is 0 Å². The van der Waals surface area contributed by atoms with Crippen LogP contribution in [0, 0.1) is 0 Å². The highest BCUT2D eigenvalue weighted by Crippen LogP contribution is 2.33. The normalized spacial score (nSPS) is 21.1. The molecular weight excluding hydrogens is 208 g/mol. The molecule has 58 valence electrons. The van der Waals surface area contributed by atoms with Crippen LogP contribution in [0.1, 0.15) is 11.7 Å². The second-order valence-corrected chi connectivity index (χ2v) is 3.42. The van der Waals surface area contributed by atoms with E-state index in [2.05, 4.69) is 15.9 Å². The van der Waals surface area contributed by atoms with Crippen LogP contribution < -0.4 is 4.74 Å². The molecule has 0 spiro atoms. The van der Waals surface area contributed by atoms with E-state index in [4.69, 9.17) is 4.74 Å². The van der Waals surface area contributed by atoms with Crippen molar-refractivity contribution in [1.29, 1.82) is 0 Å². The Kier molecular flexibility index (Phi) is 1.62. The molecule has 0 bridgehead atoms. The highest BCUT2D eigenvalue weighted by Gasteiger charge is 2.21. The smallest absolute Gasteiger partial charge is 0.125 e. The zero-order valence-corrected chi connectivity index (χ0v) is 7.34. The molecule has 2 nitrogen and oxygen atoms in total. The van der Waals surface area contributed by atoms with Gasteiger partial charge in [-0.15, -0.1) is 0 Å². The number of aliphatic hydroxyl groups excluding tert-OH is 1. The van der Waals surface area contributed by atoms with E-state index in [1.165, 1.54) is 0 Å². The van der Waals surface area contributed by atoms with Gasteiger partial charge in [-0.1, -0.05) is 15.9 Å². The Morgan fingerprint density at radius 1 is 1.55 bits per heavy atom. The number of rotatable bonds is 0. The summed E-state index contributed by atoms with van der Waals surface area (Å²) in [5, 5.41) is 9.36. The topological polar surface area (TPSA) is 29.5 Å². The van der Waals surface area contributed by atoms with Crippen LogP contribution in [0.3, 0.4) is 0 Å². The standard InChI is InChI=1S/C8H7BrO2/c9-5-1-2-8-6(3-5)7(10)4-11-8/h1-3,7,10H,4H2/t7-/m0/s1. The molecule has 2 rings (SSSR count). The molecule has 0 saturated carbocycles. The largest absolute Gasteiger partial charge is 0.490 e. The van der Waals surface area contributed by atoms with Gasteiger partial charge in [-0.2, -0.15) is 0 Å². The van der Waals surface area contributed by atoms with E-state index in [0.717, 1.165) is 15.8 Å². The van der Waals surface area contributed by atoms with Gasteiger partial charge in [-0.05, 0) is 18.2 Å². The average Bonchev–Trinajstić information content (AvgIpc) is 2.33. The lowest BCUT2D eigenvalue weighted by atomic mass is 10.1. The first-order valence-electron chi connectivity index (χ1n) is 3.37. The summed E-state index contributed by atoms with van der Waals surface area (Å²) in [7, 11) is 0. The van der Waals surface area contributed by atoms with Crippen molar-refractivity contribution in [3.8, 4) is 5.75 Å². The van der Waals surface area contributed by atoms with E-state index in [9.17, 15) is 5.11 Å². The van der Waals surface area contributed by atoms with Crippen molar-refractivity contribution >= 4 is 15.9 Å². The van der Waals surface area contributed by atoms with E-state index in [-0.39, 0.29) is 0 Å². The summed E-state index contributed by atoms with van der Waals surface area (Å²) in [6, 6.07) is 5.64. The molecule has 0 fully saturated rings. The van der Waals surface area contributed by atoms with Gasteiger partial charge in [0.05, 0.1) is 0 Å². The summed E-state index contributed by atoms with van der Waals surface area (Å²) >= 11 is 3.33. The van der Waals surface area contributed by atoms with Crippen molar-refractivity contribution in [2.45, 2.75) is 6.10 Å². The first-order valence-corrected chi connectivity index (χ1v) is 4.17. The molecule has 11 heavy (non-hydrogen) atoms. The van der Waals surface area contributed by atoms with Gasteiger partial charge in [0.2, 0.25) is 0 Å². The number of aliphatic hydroxyl groups is 1. The molecule has 0 aliphatic carbocycles. The lowest BCUT2D eigenvalue weighted by Crippen LogP contribution is -1.97. The second-order valence-electron chi connectivity index (χ2n) is 2.51.